The van der Waals surface area contributed by atoms with Crippen molar-refractivity contribution in [2.75, 3.05) is 31.6 Å². The van der Waals surface area contributed by atoms with Gasteiger partial charge >= 0.3 is 0 Å². The Labute approximate surface area is 116 Å². The third kappa shape index (κ3) is 4.33. The van der Waals surface area contributed by atoms with Gasteiger partial charge in [-0.05, 0) is 68.8 Å². The summed E-state index contributed by atoms with van der Waals surface area (Å²) in [6.07, 6.45) is 7.61. The van der Waals surface area contributed by atoms with E-state index in [1.807, 2.05) is 11.8 Å². The first-order valence-corrected chi connectivity index (χ1v) is 8.56. The second-order valence-corrected chi connectivity index (χ2v) is 6.21. The van der Waals surface area contributed by atoms with E-state index in [0.717, 1.165) is 5.92 Å². The van der Waals surface area contributed by atoms with Gasteiger partial charge in [-0.15, -0.1) is 0 Å². The largest absolute Gasteiger partial charge is 0.303 e. The molecule has 1 fully saturated rings. The number of hydrogen-bond donors (Lipinski definition) is 0. The van der Waals surface area contributed by atoms with Gasteiger partial charge in [0.2, 0.25) is 0 Å². The smallest absolute Gasteiger partial charge is 0.00109 e. The van der Waals surface area contributed by atoms with Gasteiger partial charge in [0.1, 0.15) is 0 Å². The number of likely N-dealkylation sites (tertiary alicyclic amines) is 1. The molecule has 2 heteroatoms. The molecule has 1 aliphatic heterocycles. The number of benzene rings is 1. The Morgan fingerprint density at radius 1 is 1.17 bits per heavy atom. The molecule has 18 heavy (non-hydrogen) atoms. The molecule has 0 aromatic heterocycles. The van der Waals surface area contributed by atoms with Gasteiger partial charge in [0.25, 0.3) is 0 Å². The SMILES string of the molecule is CSCCCN1CCCC(c2ccccc2)CC1. The molecular weight excluding hydrogens is 238 g/mol. The fourth-order valence-electron chi connectivity index (χ4n) is 2.87. The van der Waals surface area contributed by atoms with E-state index in [9.17, 15) is 0 Å². The molecule has 1 aliphatic rings. The molecule has 2 rings (SSSR count). The van der Waals surface area contributed by atoms with Crippen molar-refractivity contribution in [1.29, 1.82) is 0 Å². The lowest BCUT2D eigenvalue weighted by atomic mass is 9.92. The highest BCUT2D eigenvalue weighted by Crippen LogP contribution is 2.27. The summed E-state index contributed by atoms with van der Waals surface area (Å²) in [6, 6.07) is 11.1. The van der Waals surface area contributed by atoms with Gasteiger partial charge in [0, 0.05) is 0 Å². The maximum Gasteiger partial charge on any atom is -0.00109 e. The van der Waals surface area contributed by atoms with Gasteiger partial charge in [-0.3, -0.25) is 0 Å². The van der Waals surface area contributed by atoms with Crippen molar-refractivity contribution in [2.45, 2.75) is 31.6 Å². The van der Waals surface area contributed by atoms with Crippen molar-refractivity contribution >= 4 is 11.8 Å². The number of rotatable bonds is 5. The van der Waals surface area contributed by atoms with Crippen LogP contribution in [0.4, 0.5) is 0 Å². The Morgan fingerprint density at radius 2 is 2.00 bits per heavy atom. The van der Waals surface area contributed by atoms with Gasteiger partial charge in [-0.2, -0.15) is 11.8 Å². The van der Waals surface area contributed by atoms with E-state index >= 15 is 0 Å². The van der Waals surface area contributed by atoms with E-state index in [1.54, 1.807) is 5.56 Å². The third-order valence-corrected chi connectivity index (χ3v) is 4.61. The first-order chi connectivity index (χ1) is 8.90. The van der Waals surface area contributed by atoms with Crippen LogP contribution in [0, 0.1) is 0 Å². The highest BCUT2D eigenvalue weighted by molar-refractivity contribution is 7.98. The number of nitrogens with zero attached hydrogens (tertiary/aromatic N) is 1. The zero-order valence-electron chi connectivity index (χ0n) is 11.5. The van der Waals surface area contributed by atoms with Gasteiger partial charge in [-0.25, -0.2) is 0 Å². The quantitative estimate of drug-likeness (QED) is 0.739. The zero-order chi connectivity index (χ0) is 12.6. The van der Waals surface area contributed by atoms with Crippen molar-refractivity contribution in [3.63, 3.8) is 0 Å². The Bertz CT molecular complexity index is 325. The summed E-state index contributed by atoms with van der Waals surface area (Å²) in [7, 11) is 0. The minimum absolute atomic E-state index is 0.789. The minimum atomic E-state index is 0.789. The molecule has 0 saturated carbocycles. The van der Waals surface area contributed by atoms with Gasteiger partial charge in [0.05, 0.1) is 0 Å². The summed E-state index contributed by atoms with van der Waals surface area (Å²) in [5.41, 5.74) is 1.54. The molecule has 1 aromatic rings. The van der Waals surface area contributed by atoms with E-state index in [2.05, 4.69) is 41.5 Å². The molecule has 1 heterocycles. The maximum atomic E-state index is 2.67. The Morgan fingerprint density at radius 3 is 2.78 bits per heavy atom. The van der Waals surface area contributed by atoms with E-state index in [1.165, 1.54) is 51.1 Å². The molecule has 0 bridgehead atoms. The van der Waals surface area contributed by atoms with Crippen molar-refractivity contribution in [1.82, 2.24) is 4.90 Å². The van der Waals surface area contributed by atoms with Crippen LogP contribution in [0.5, 0.6) is 0 Å². The molecule has 1 saturated heterocycles. The molecule has 0 spiro atoms. The summed E-state index contributed by atoms with van der Waals surface area (Å²) >= 11 is 1.97. The second-order valence-electron chi connectivity index (χ2n) is 5.23. The third-order valence-electron chi connectivity index (χ3n) is 3.91. The van der Waals surface area contributed by atoms with E-state index < -0.39 is 0 Å². The van der Waals surface area contributed by atoms with Crippen LogP contribution in [0.3, 0.4) is 0 Å². The molecule has 1 nitrogen and oxygen atoms in total. The molecule has 1 aromatic carbocycles. The Kier molecular flexibility index (Phi) is 6.09. The van der Waals surface area contributed by atoms with Crippen molar-refractivity contribution in [3.05, 3.63) is 35.9 Å². The average molecular weight is 263 g/mol. The summed E-state index contributed by atoms with van der Waals surface area (Å²) in [4.78, 5) is 2.67. The van der Waals surface area contributed by atoms with Gasteiger partial charge in [0.15, 0.2) is 0 Å². The normalized spacial score (nSPS) is 21.7. The van der Waals surface area contributed by atoms with Gasteiger partial charge in [-0.1, -0.05) is 30.3 Å². The van der Waals surface area contributed by atoms with Crippen LogP contribution in [-0.4, -0.2) is 36.5 Å². The highest BCUT2D eigenvalue weighted by Gasteiger charge is 2.17. The van der Waals surface area contributed by atoms with Crippen LogP contribution in [0.15, 0.2) is 30.3 Å². The predicted octanol–water partition coefficient (Wildman–Crippen LogP) is 4.01. The lowest BCUT2D eigenvalue weighted by molar-refractivity contribution is 0.285. The summed E-state index contributed by atoms with van der Waals surface area (Å²) in [5, 5.41) is 0. The molecule has 1 atom stereocenters. The topological polar surface area (TPSA) is 3.24 Å². The fraction of sp³-hybridized carbons (Fsp3) is 0.625. The van der Waals surface area contributed by atoms with Crippen LogP contribution >= 0.6 is 11.8 Å². The Balaban J connectivity index is 1.81. The number of hydrogen-bond acceptors (Lipinski definition) is 2. The summed E-state index contributed by atoms with van der Waals surface area (Å²) < 4.78 is 0. The van der Waals surface area contributed by atoms with Crippen LogP contribution in [0.25, 0.3) is 0 Å². The summed E-state index contributed by atoms with van der Waals surface area (Å²) in [6.45, 7) is 3.88. The van der Waals surface area contributed by atoms with Crippen molar-refractivity contribution < 1.29 is 0 Å². The van der Waals surface area contributed by atoms with Crippen molar-refractivity contribution in [3.8, 4) is 0 Å². The molecule has 0 amide bonds. The maximum absolute atomic E-state index is 2.67. The molecule has 100 valence electrons. The first kappa shape index (κ1) is 14.0. The Hall–Kier alpha value is -0.470. The second kappa shape index (κ2) is 7.85. The highest BCUT2D eigenvalue weighted by atomic mass is 32.2. The molecule has 0 radical (unpaired) electrons. The molecule has 0 aliphatic carbocycles. The standard InChI is InChI=1S/C16H25NS/c1-18-14-6-12-17-11-5-9-16(10-13-17)15-7-3-2-4-8-15/h2-4,7-8,16H,5-6,9-14H2,1H3. The lowest BCUT2D eigenvalue weighted by Crippen LogP contribution is -2.26. The van der Waals surface area contributed by atoms with Gasteiger partial charge < -0.3 is 4.90 Å². The minimum Gasteiger partial charge on any atom is -0.303 e. The molecular formula is C16H25NS. The van der Waals surface area contributed by atoms with E-state index in [0.29, 0.717) is 0 Å². The fourth-order valence-corrected chi connectivity index (χ4v) is 3.29. The van der Waals surface area contributed by atoms with Crippen LogP contribution in [0.1, 0.15) is 37.2 Å². The van der Waals surface area contributed by atoms with Crippen LogP contribution in [0.2, 0.25) is 0 Å². The predicted molar refractivity (Wildman–Crippen MR) is 82.5 cm³/mol. The molecule has 1 unspecified atom stereocenters. The van der Waals surface area contributed by atoms with Crippen molar-refractivity contribution in [2.24, 2.45) is 0 Å². The monoisotopic (exact) mass is 263 g/mol. The average Bonchev–Trinajstić information content (AvgIpc) is 2.66. The summed E-state index contributed by atoms with van der Waals surface area (Å²) in [5.74, 6) is 2.09. The van der Waals surface area contributed by atoms with E-state index in [-0.39, 0.29) is 0 Å². The molecule has 0 N–H and O–H groups in total. The van der Waals surface area contributed by atoms with E-state index in [4.69, 9.17) is 0 Å². The van der Waals surface area contributed by atoms with Crippen LogP contribution < -0.4 is 0 Å². The van der Waals surface area contributed by atoms with Crippen LogP contribution in [-0.2, 0) is 0 Å². The zero-order valence-corrected chi connectivity index (χ0v) is 12.3. The first-order valence-electron chi connectivity index (χ1n) is 7.16. The number of thioether (sulfide) groups is 1. The lowest BCUT2D eigenvalue weighted by Gasteiger charge is -2.19.